The lowest BCUT2D eigenvalue weighted by molar-refractivity contribution is 0.0928. The lowest BCUT2D eigenvalue weighted by atomic mass is 10.0. The average Bonchev–Trinajstić information content (AvgIpc) is 3.22. The summed E-state index contributed by atoms with van der Waals surface area (Å²) in [5, 5.41) is 10.2. The van der Waals surface area contributed by atoms with Crippen LogP contribution in [0.2, 0.25) is 0 Å². The summed E-state index contributed by atoms with van der Waals surface area (Å²) in [5.41, 5.74) is 4.43. The van der Waals surface area contributed by atoms with E-state index in [2.05, 4.69) is 20.8 Å². The highest BCUT2D eigenvalue weighted by atomic mass is 16.5. The molecule has 0 unspecified atom stereocenters. The summed E-state index contributed by atoms with van der Waals surface area (Å²) in [6.07, 6.45) is 0. The highest BCUT2D eigenvalue weighted by Crippen LogP contribution is 2.27. The number of nitrogens with one attached hydrogen (secondary N) is 2. The molecule has 0 saturated heterocycles. The Morgan fingerprint density at radius 2 is 1.70 bits per heavy atom. The molecule has 168 valence electrons. The summed E-state index contributed by atoms with van der Waals surface area (Å²) in [6, 6.07) is 16.5. The smallest absolute Gasteiger partial charge is 0.259 e. The van der Waals surface area contributed by atoms with Crippen LogP contribution in [0.15, 0.2) is 59.1 Å². The number of rotatable bonds is 7. The summed E-state index contributed by atoms with van der Waals surface area (Å²) >= 11 is 0. The van der Waals surface area contributed by atoms with Gasteiger partial charge in [0.05, 0.1) is 29.4 Å². The molecule has 8 nitrogen and oxygen atoms in total. The molecular formula is C25H24N4O4. The van der Waals surface area contributed by atoms with Crippen molar-refractivity contribution in [3.8, 4) is 17.0 Å². The molecule has 33 heavy (non-hydrogen) atoms. The molecule has 0 aliphatic rings. The van der Waals surface area contributed by atoms with E-state index in [0.29, 0.717) is 39.4 Å². The van der Waals surface area contributed by atoms with Crippen LogP contribution in [0.25, 0.3) is 22.4 Å². The molecule has 0 aliphatic heterocycles. The molecule has 2 aromatic heterocycles. The largest absolute Gasteiger partial charge is 0.497 e. The van der Waals surface area contributed by atoms with Crippen molar-refractivity contribution in [3.63, 3.8) is 0 Å². The van der Waals surface area contributed by atoms with Crippen molar-refractivity contribution in [3.05, 3.63) is 77.0 Å². The van der Waals surface area contributed by atoms with Crippen LogP contribution >= 0.6 is 0 Å². The van der Waals surface area contributed by atoms with Crippen molar-refractivity contribution in [1.29, 1.82) is 0 Å². The van der Waals surface area contributed by atoms with Gasteiger partial charge in [-0.2, -0.15) is 0 Å². The van der Waals surface area contributed by atoms with Crippen LogP contribution in [0.3, 0.4) is 0 Å². The first kappa shape index (κ1) is 22.0. The highest BCUT2D eigenvalue weighted by molar-refractivity contribution is 6.07. The van der Waals surface area contributed by atoms with Gasteiger partial charge in [-0.3, -0.25) is 9.59 Å². The number of ether oxygens (including phenoxy) is 1. The quantitative estimate of drug-likeness (QED) is 0.421. The first-order chi connectivity index (χ1) is 16.0. The molecule has 2 amide bonds. The second kappa shape index (κ2) is 9.52. The molecule has 2 aromatic carbocycles. The Morgan fingerprint density at radius 1 is 0.970 bits per heavy atom. The third kappa shape index (κ3) is 4.85. The lowest BCUT2D eigenvalue weighted by Gasteiger charge is -2.10. The van der Waals surface area contributed by atoms with Gasteiger partial charge in [-0.1, -0.05) is 41.1 Å². The Kier molecular flexibility index (Phi) is 6.35. The molecule has 0 saturated carbocycles. The number of pyridine rings is 1. The van der Waals surface area contributed by atoms with Crippen molar-refractivity contribution < 1.29 is 18.8 Å². The summed E-state index contributed by atoms with van der Waals surface area (Å²) in [4.78, 5) is 29.9. The van der Waals surface area contributed by atoms with Crippen LogP contribution in [0.4, 0.5) is 0 Å². The number of fused-ring (bicyclic) bond motifs is 1. The minimum atomic E-state index is -0.294. The van der Waals surface area contributed by atoms with Crippen LogP contribution < -0.4 is 15.4 Å². The zero-order chi connectivity index (χ0) is 23.4. The van der Waals surface area contributed by atoms with Crippen molar-refractivity contribution >= 4 is 22.9 Å². The maximum absolute atomic E-state index is 13.0. The number of aromatic nitrogens is 2. The van der Waals surface area contributed by atoms with Gasteiger partial charge in [0.15, 0.2) is 0 Å². The molecule has 0 atom stereocenters. The van der Waals surface area contributed by atoms with E-state index >= 15 is 0 Å². The van der Waals surface area contributed by atoms with Crippen LogP contribution in [0.1, 0.15) is 32.0 Å². The second-order valence-corrected chi connectivity index (χ2v) is 7.61. The Morgan fingerprint density at radius 3 is 2.42 bits per heavy atom. The fourth-order valence-corrected chi connectivity index (χ4v) is 3.46. The number of nitrogens with zero attached hydrogens (tertiary/aromatic N) is 2. The van der Waals surface area contributed by atoms with E-state index in [1.165, 1.54) is 0 Å². The van der Waals surface area contributed by atoms with E-state index in [-0.39, 0.29) is 24.9 Å². The number of carbonyl (C=O) groups excluding carboxylic acids is 2. The Hall–Kier alpha value is -4.20. The number of amides is 2. The number of hydrogen-bond donors (Lipinski definition) is 2. The normalized spacial score (nSPS) is 10.8. The molecule has 8 heteroatoms. The van der Waals surface area contributed by atoms with Crippen LogP contribution in [-0.2, 0) is 0 Å². The number of aryl methyl sites for hydroxylation is 2. The first-order valence-electron chi connectivity index (χ1n) is 10.5. The number of benzene rings is 2. The van der Waals surface area contributed by atoms with Crippen molar-refractivity contribution in [2.75, 3.05) is 20.2 Å². The van der Waals surface area contributed by atoms with E-state index < -0.39 is 0 Å². The Labute approximate surface area is 191 Å². The van der Waals surface area contributed by atoms with Gasteiger partial charge < -0.3 is 19.9 Å². The van der Waals surface area contributed by atoms with Gasteiger partial charge >= 0.3 is 0 Å². The number of hydrogen-bond acceptors (Lipinski definition) is 6. The topological polar surface area (TPSA) is 106 Å². The predicted octanol–water partition coefficient (Wildman–Crippen LogP) is 3.68. The van der Waals surface area contributed by atoms with E-state index in [1.54, 1.807) is 44.4 Å². The third-order valence-electron chi connectivity index (χ3n) is 5.24. The average molecular weight is 444 g/mol. The SMILES string of the molecule is COc1cccc(C(=O)NCCNC(=O)c2cc(-c3ccc(C)cc3)nc3onc(C)c23)c1. The second-order valence-electron chi connectivity index (χ2n) is 7.61. The first-order valence-corrected chi connectivity index (χ1v) is 10.5. The zero-order valence-corrected chi connectivity index (χ0v) is 18.6. The van der Waals surface area contributed by atoms with Crippen LogP contribution in [0, 0.1) is 13.8 Å². The van der Waals surface area contributed by atoms with Gasteiger partial charge in [-0.25, -0.2) is 4.98 Å². The van der Waals surface area contributed by atoms with E-state index in [4.69, 9.17) is 9.26 Å². The number of carbonyl (C=O) groups is 2. The third-order valence-corrected chi connectivity index (χ3v) is 5.24. The Bertz CT molecular complexity index is 1310. The molecule has 2 N–H and O–H groups in total. The van der Waals surface area contributed by atoms with Crippen molar-refractivity contribution in [2.45, 2.75) is 13.8 Å². The van der Waals surface area contributed by atoms with E-state index in [0.717, 1.165) is 11.1 Å². The maximum atomic E-state index is 13.0. The molecule has 0 bridgehead atoms. The molecule has 4 rings (SSSR count). The van der Waals surface area contributed by atoms with Gasteiger partial charge in [0, 0.05) is 24.2 Å². The fourth-order valence-electron chi connectivity index (χ4n) is 3.46. The Balaban J connectivity index is 1.46. The standard InChI is InChI=1S/C25H24N4O4/c1-15-7-9-17(10-8-15)21-14-20(22-16(2)29-33-25(22)28-21)24(31)27-12-11-26-23(30)18-5-4-6-19(13-18)32-3/h4-10,13-14H,11-12H2,1-3H3,(H,26,30)(H,27,31). The van der Waals surface area contributed by atoms with Gasteiger partial charge in [-0.15, -0.1) is 0 Å². The minimum Gasteiger partial charge on any atom is -0.497 e. The molecule has 4 aromatic rings. The minimum absolute atomic E-state index is 0.244. The summed E-state index contributed by atoms with van der Waals surface area (Å²) in [7, 11) is 1.55. The van der Waals surface area contributed by atoms with Gasteiger partial charge in [0.25, 0.3) is 17.5 Å². The molecule has 0 radical (unpaired) electrons. The van der Waals surface area contributed by atoms with Crippen LogP contribution in [0.5, 0.6) is 5.75 Å². The molecular weight excluding hydrogens is 420 g/mol. The van der Waals surface area contributed by atoms with E-state index in [1.807, 2.05) is 31.2 Å². The summed E-state index contributed by atoms with van der Waals surface area (Å²) < 4.78 is 10.5. The fraction of sp³-hybridized carbons (Fsp3) is 0.200. The molecule has 2 heterocycles. The van der Waals surface area contributed by atoms with Gasteiger partial charge in [-0.05, 0) is 38.1 Å². The van der Waals surface area contributed by atoms with E-state index in [9.17, 15) is 9.59 Å². The maximum Gasteiger partial charge on any atom is 0.259 e. The monoisotopic (exact) mass is 444 g/mol. The zero-order valence-electron chi connectivity index (χ0n) is 18.6. The van der Waals surface area contributed by atoms with Crippen LogP contribution in [-0.4, -0.2) is 42.2 Å². The highest BCUT2D eigenvalue weighted by Gasteiger charge is 2.19. The van der Waals surface area contributed by atoms with Crippen molar-refractivity contribution in [1.82, 2.24) is 20.8 Å². The molecule has 0 aliphatic carbocycles. The molecule has 0 fully saturated rings. The summed E-state index contributed by atoms with van der Waals surface area (Å²) in [6.45, 7) is 4.29. The molecule has 0 spiro atoms. The van der Waals surface area contributed by atoms with Crippen molar-refractivity contribution in [2.24, 2.45) is 0 Å². The van der Waals surface area contributed by atoms with Gasteiger partial charge in [0.1, 0.15) is 5.75 Å². The number of methoxy groups -OCH3 is 1. The summed E-state index contributed by atoms with van der Waals surface area (Å²) in [5.74, 6) is 0.0646. The predicted molar refractivity (Wildman–Crippen MR) is 124 cm³/mol. The van der Waals surface area contributed by atoms with Gasteiger partial charge in [0.2, 0.25) is 0 Å². The lowest BCUT2D eigenvalue weighted by Crippen LogP contribution is -2.34.